The van der Waals surface area contributed by atoms with E-state index in [1.54, 1.807) is 12.3 Å². The number of rotatable bonds is 2. The Morgan fingerprint density at radius 3 is 2.59 bits per heavy atom. The van der Waals surface area contributed by atoms with Gasteiger partial charge in [0.2, 0.25) is 0 Å². The quantitative estimate of drug-likeness (QED) is 0.856. The molecule has 0 spiro atoms. The Kier molecular flexibility index (Phi) is 3.48. The minimum atomic E-state index is -0.988. The van der Waals surface area contributed by atoms with E-state index >= 15 is 0 Å². The molecule has 1 aromatic rings. The second-order valence-electron chi connectivity index (χ2n) is 5.47. The third-order valence-corrected chi connectivity index (χ3v) is 4.07. The first-order valence-electron chi connectivity index (χ1n) is 6.35. The molecule has 0 saturated heterocycles. The van der Waals surface area contributed by atoms with E-state index < -0.39 is 11.4 Å². The lowest BCUT2D eigenvalue weighted by molar-refractivity contribution is -0.0228. The summed E-state index contributed by atoms with van der Waals surface area (Å²) in [6, 6.07) is 1.60. The summed E-state index contributed by atoms with van der Waals surface area (Å²) in [7, 11) is 0. The van der Waals surface area contributed by atoms with Crippen molar-refractivity contribution < 1.29 is 9.50 Å². The second-order valence-corrected chi connectivity index (χ2v) is 5.47. The minimum Gasteiger partial charge on any atom is -0.385 e. The van der Waals surface area contributed by atoms with E-state index in [2.05, 4.69) is 18.8 Å². The van der Waals surface area contributed by atoms with Crippen molar-refractivity contribution in [3.05, 3.63) is 29.8 Å². The van der Waals surface area contributed by atoms with E-state index in [0.29, 0.717) is 30.2 Å². The van der Waals surface area contributed by atoms with Gasteiger partial charge in [0, 0.05) is 11.8 Å². The number of hydrogen-bond donors (Lipinski definition) is 1. The third kappa shape index (κ3) is 2.49. The summed E-state index contributed by atoms with van der Waals surface area (Å²) in [5.41, 5.74) is -0.576. The molecule has 1 aliphatic carbocycles. The third-order valence-electron chi connectivity index (χ3n) is 4.07. The van der Waals surface area contributed by atoms with E-state index in [9.17, 15) is 9.50 Å². The Morgan fingerprint density at radius 1 is 1.41 bits per heavy atom. The molecule has 2 rings (SSSR count). The van der Waals surface area contributed by atoms with Crippen LogP contribution in [0.25, 0.3) is 0 Å². The Hall–Kier alpha value is -0.960. The van der Waals surface area contributed by atoms with Crippen molar-refractivity contribution in [2.45, 2.75) is 45.1 Å². The van der Waals surface area contributed by atoms with Gasteiger partial charge in [-0.15, -0.1) is 0 Å². The molecule has 3 heteroatoms. The molecule has 0 amide bonds. The van der Waals surface area contributed by atoms with E-state index in [0.717, 1.165) is 12.8 Å². The first-order chi connectivity index (χ1) is 8.03. The Morgan fingerprint density at radius 2 is 2.06 bits per heavy atom. The Balaban J connectivity index is 2.15. The number of nitrogens with zero attached hydrogens (tertiary/aromatic N) is 1. The van der Waals surface area contributed by atoms with Crippen LogP contribution >= 0.6 is 0 Å². The highest BCUT2D eigenvalue weighted by atomic mass is 19.1. The molecular formula is C14H20FNO. The molecule has 1 aliphatic rings. The number of pyridine rings is 1. The summed E-state index contributed by atoms with van der Waals surface area (Å²) < 4.78 is 13.7. The predicted octanol–water partition coefficient (Wildman–Crippen LogP) is 3.25. The smallest absolute Gasteiger partial charge is 0.147 e. The zero-order valence-corrected chi connectivity index (χ0v) is 10.5. The van der Waals surface area contributed by atoms with Gasteiger partial charge < -0.3 is 5.11 Å². The van der Waals surface area contributed by atoms with Crippen LogP contribution in [0.3, 0.4) is 0 Å². The lowest BCUT2D eigenvalue weighted by atomic mass is 9.72. The topological polar surface area (TPSA) is 33.1 Å². The molecule has 17 heavy (non-hydrogen) atoms. The van der Waals surface area contributed by atoms with Crippen LogP contribution in [0.1, 0.15) is 45.1 Å². The molecule has 0 atom stereocenters. The van der Waals surface area contributed by atoms with E-state index in [1.165, 1.54) is 6.20 Å². The van der Waals surface area contributed by atoms with Crippen LogP contribution in [-0.4, -0.2) is 10.1 Å². The van der Waals surface area contributed by atoms with Gasteiger partial charge in [-0.25, -0.2) is 4.39 Å². The van der Waals surface area contributed by atoms with Gasteiger partial charge in [-0.05, 0) is 43.6 Å². The van der Waals surface area contributed by atoms with Crippen molar-refractivity contribution in [3.8, 4) is 0 Å². The van der Waals surface area contributed by atoms with Gasteiger partial charge >= 0.3 is 0 Å². The predicted molar refractivity (Wildman–Crippen MR) is 64.9 cm³/mol. The average molecular weight is 237 g/mol. The molecule has 1 aromatic heterocycles. The fourth-order valence-corrected chi connectivity index (χ4v) is 2.81. The summed E-state index contributed by atoms with van der Waals surface area (Å²) in [5.74, 6) is 0.903. The first-order valence-corrected chi connectivity index (χ1v) is 6.35. The van der Waals surface area contributed by atoms with Crippen LogP contribution in [0.4, 0.5) is 4.39 Å². The normalized spacial score (nSPS) is 29.6. The van der Waals surface area contributed by atoms with E-state index in [-0.39, 0.29) is 0 Å². The fourth-order valence-electron chi connectivity index (χ4n) is 2.81. The highest BCUT2D eigenvalue weighted by Gasteiger charge is 2.37. The van der Waals surface area contributed by atoms with Gasteiger partial charge in [0.05, 0.1) is 11.8 Å². The van der Waals surface area contributed by atoms with Crippen molar-refractivity contribution in [1.82, 2.24) is 4.98 Å². The maximum Gasteiger partial charge on any atom is 0.147 e. The highest BCUT2D eigenvalue weighted by molar-refractivity contribution is 5.21. The van der Waals surface area contributed by atoms with Gasteiger partial charge in [-0.2, -0.15) is 0 Å². The molecule has 0 radical (unpaired) electrons. The van der Waals surface area contributed by atoms with Crippen LogP contribution in [0.15, 0.2) is 18.5 Å². The van der Waals surface area contributed by atoms with Gasteiger partial charge in [-0.3, -0.25) is 4.98 Å². The largest absolute Gasteiger partial charge is 0.385 e. The van der Waals surface area contributed by atoms with Crippen LogP contribution in [-0.2, 0) is 5.60 Å². The molecule has 0 aromatic carbocycles. The lowest BCUT2D eigenvalue weighted by Crippen LogP contribution is -2.33. The van der Waals surface area contributed by atoms with Gasteiger partial charge in [0.1, 0.15) is 5.82 Å². The summed E-state index contributed by atoms with van der Waals surface area (Å²) in [6.07, 6.45) is 5.96. The SMILES string of the molecule is CC(C)C1CCC(O)(c2ccncc2F)CC1. The Bertz CT molecular complexity index is 384. The number of aliphatic hydroxyl groups is 1. The molecule has 94 valence electrons. The molecule has 0 unspecified atom stereocenters. The first kappa shape index (κ1) is 12.5. The minimum absolute atomic E-state index is 0.391. The van der Waals surface area contributed by atoms with Gasteiger partial charge in [0.15, 0.2) is 0 Å². The number of aromatic nitrogens is 1. The van der Waals surface area contributed by atoms with Crippen LogP contribution in [0.2, 0.25) is 0 Å². The summed E-state index contributed by atoms with van der Waals surface area (Å²) >= 11 is 0. The molecule has 1 heterocycles. The molecule has 2 nitrogen and oxygen atoms in total. The maximum atomic E-state index is 13.7. The zero-order chi connectivity index (χ0) is 12.5. The standard InChI is InChI=1S/C14H20FNO/c1-10(2)11-3-6-14(17,7-4-11)12-5-8-16-9-13(12)15/h5,8-11,17H,3-4,6-7H2,1-2H3. The summed E-state index contributed by atoms with van der Waals surface area (Å²) in [6.45, 7) is 4.42. The second kappa shape index (κ2) is 4.73. The van der Waals surface area contributed by atoms with Crippen molar-refractivity contribution in [2.24, 2.45) is 11.8 Å². The number of hydrogen-bond acceptors (Lipinski definition) is 2. The molecule has 1 N–H and O–H groups in total. The molecule has 1 saturated carbocycles. The summed E-state index contributed by atoms with van der Waals surface area (Å²) in [5, 5.41) is 10.6. The van der Waals surface area contributed by atoms with Gasteiger partial charge in [0.25, 0.3) is 0 Å². The molecule has 0 bridgehead atoms. The van der Waals surface area contributed by atoms with Crippen LogP contribution < -0.4 is 0 Å². The van der Waals surface area contributed by atoms with Crippen molar-refractivity contribution in [2.75, 3.05) is 0 Å². The highest BCUT2D eigenvalue weighted by Crippen LogP contribution is 2.42. The monoisotopic (exact) mass is 237 g/mol. The maximum absolute atomic E-state index is 13.7. The van der Waals surface area contributed by atoms with Crippen LogP contribution in [0, 0.1) is 17.7 Å². The number of halogens is 1. The van der Waals surface area contributed by atoms with Crippen molar-refractivity contribution in [1.29, 1.82) is 0 Å². The van der Waals surface area contributed by atoms with Gasteiger partial charge in [-0.1, -0.05) is 13.8 Å². The van der Waals surface area contributed by atoms with Crippen LogP contribution in [0.5, 0.6) is 0 Å². The van der Waals surface area contributed by atoms with Crippen molar-refractivity contribution in [3.63, 3.8) is 0 Å². The lowest BCUT2D eigenvalue weighted by Gasteiger charge is -2.37. The van der Waals surface area contributed by atoms with E-state index in [4.69, 9.17) is 0 Å². The fraction of sp³-hybridized carbons (Fsp3) is 0.643. The molecule has 0 aliphatic heterocycles. The van der Waals surface area contributed by atoms with E-state index in [1.807, 2.05) is 0 Å². The zero-order valence-electron chi connectivity index (χ0n) is 10.5. The molecular weight excluding hydrogens is 217 g/mol. The average Bonchev–Trinajstić information content (AvgIpc) is 2.30. The Labute approximate surface area is 102 Å². The molecule has 1 fully saturated rings. The van der Waals surface area contributed by atoms with Crippen molar-refractivity contribution >= 4 is 0 Å². The summed E-state index contributed by atoms with van der Waals surface area (Å²) in [4.78, 5) is 3.73.